The van der Waals surface area contributed by atoms with Gasteiger partial charge in [-0.25, -0.2) is 9.59 Å². The van der Waals surface area contributed by atoms with Crippen LogP contribution in [0, 0.1) is 0 Å². The fraction of sp³-hybridized carbons (Fsp3) is 0.769. The Morgan fingerprint density at radius 3 is 2.27 bits per heavy atom. The van der Waals surface area contributed by atoms with Crippen molar-refractivity contribution >= 4 is 18.0 Å². The Hall–Kier alpha value is -1.87. The van der Waals surface area contributed by atoms with Crippen LogP contribution >= 0.6 is 0 Å². The van der Waals surface area contributed by atoms with E-state index in [2.05, 4.69) is 10.6 Å². The van der Waals surface area contributed by atoms with Crippen LogP contribution in [0.3, 0.4) is 0 Å². The molecular weight excluding hydrogens is 292 g/mol. The number of ether oxygens (including phenoxy) is 1. The van der Waals surface area contributed by atoms with Gasteiger partial charge in [-0.05, 0) is 40.2 Å². The van der Waals surface area contributed by atoms with Gasteiger partial charge in [0.25, 0.3) is 0 Å². The Balaban J connectivity index is 4.15. The summed E-state index contributed by atoms with van der Waals surface area (Å²) in [5.74, 6) is -1.77. The number of alkyl carbamates (subject to hydrolysis) is 1. The van der Waals surface area contributed by atoms with Crippen molar-refractivity contribution in [2.75, 3.05) is 13.1 Å². The van der Waals surface area contributed by atoms with Crippen molar-refractivity contribution in [1.82, 2.24) is 10.6 Å². The van der Waals surface area contributed by atoms with Gasteiger partial charge in [0.05, 0.1) is 6.04 Å². The van der Waals surface area contributed by atoms with Crippen LogP contribution in [0.15, 0.2) is 0 Å². The Morgan fingerprint density at radius 2 is 1.82 bits per heavy atom. The molecule has 0 spiro atoms. The van der Waals surface area contributed by atoms with E-state index in [0.29, 0.717) is 0 Å². The molecular formula is C13H26N4O5. The lowest BCUT2D eigenvalue weighted by Crippen LogP contribution is -2.50. The highest BCUT2D eigenvalue weighted by molar-refractivity contribution is 5.86. The van der Waals surface area contributed by atoms with Crippen LogP contribution in [0.25, 0.3) is 0 Å². The smallest absolute Gasteiger partial charge is 0.407 e. The largest absolute Gasteiger partial charge is 0.480 e. The molecule has 7 N–H and O–H groups in total. The molecule has 9 nitrogen and oxygen atoms in total. The molecule has 0 fully saturated rings. The number of carbonyl (C=O) groups is 3. The number of carboxylic acid groups (broad SMARTS) is 1. The van der Waals surface area contributed by atoms with Crippen molar-refractivity contribution in [2.24, 2.45) is 11.5 Å². The molecule has 2 amide bonds. The average molecular weight is 318 g/mol. The number of nitrogens with two attached hydrogens (primary N) is 2. The van der Waals surface area contributed by atoms with E-state index in [4.69, 9.17) is 21.3 Å². The van der Waals surface area contributed by atoms with E-state index in [1.807, 2.05) is 0 Å². The van der Waals surface area contributed by atoms with E-state index in [9.17, 15) is 14.4 Å². The van der Waals surface area contributed by atoms with Crippen LogP contribution in [-0.2, 0) is 14.3 Å². The second-order valence-corrected chi connectivity index (χ2v) is 5.80. The predicted molar refractivity (Wildman–Crippen MR) is 80.1 cm³/mol. The van der Waals surface area contributed by atoms with E-state index in [0.717, 1.165) is 0 Å². The van der Waals surface area contributed by atoms with Gasteiger partial charge >= 0.3 is 12.1 Å². The van der Waals surface area contributed by atoms with E-state index >= 15 is 0 Å². The van der Waals surface area contributed by atoms with Crippen LogP contribution < -0.4 is 22.1 Å². The lowest BCUT2D eigenvalue weighted by atomic mass is 10.1. The standard InChI is InChI=1S/C13H26N4O5/c1-13(2,3)22-12(21)16-7-5-8(15)10(18)17-9(4-6-14)11(19)20/h8-9H,4-7,14-15H2,1-3H3,(H,16,21)(H,17,18)(H,19,20)/t8-,9-/m0/s1. The predicted octanol–water partition coefficient (Wildman–Crippen LogP) is -0.853. The maximum atomic E-state index is 11.8. The van der Waals surface area contributed by atoms with Gasteiger partial charge in [0.15, 0.2) is 0 Å². The molecule has 22 heavy (non-hydrogen) atoms. The van der Waals surface area contributed by atoms with Crippen molar-refractivity contribution in [3.8, 4) is 0 Å². The van der Waals surface area contributed by atoms with Crippen LogP contribution in [0.5, 0.6) is 0 Å². The number of rotatable bonds is 8. The van der Waals surface area contributed by atoms with E-state index in [-0.39, 0.29) is 25.9 Å². The summed E-state index contributed by atoms with van der Waals surface area (Å²) in [6.45, 7) is 5.46. The molecule has 0 aromatic carbocycles. The quantitative estimate of drug-likeness (QED) is 0.390. The molecule has 0 unspecified atom stereocenters. The number of carbonyl (C=O) groups excluding carboxylic acids is 2. The molecule has 0 aliphatic rings. The number of nitrogens with one attached hydrogen (secondary N) is 2. The Labute approximate surface area is 129 Å². The van der Waals surface area contributed by atoms with Gasteiger partial charge in [-0.2, -0.15) is 0 Å². The maximum absolute atomic E-state index is 11.8. The lowest BCUT2D eigenvalue weighted by molar-refractivity contribution is -0.142. The summed E-state index contributed by atoms with van der Waals surface area (Å²) in [6, 6.07) is -2.00. The van der Waals surface area contributed by atoms with Crippen molar-refractivity contribution < 1.29 is 24.2 Å². The molecule has 128 valence electrons. The third-order valence-electron chi connectivity index (χ3n) is 2.53. The molecule has 0 saturated carbocycles. The summed E-state index contributed by atoms with van der Waals surface area (Å²) in [7, 11) is 0. The Kier molecular flexibility index (Phi) is 8.43. The highest BCUT2D eigenvalue weighted by Crippen LogP contribution is 2.06. The minimum Gasteiger partial charge on any atom is -0.480 e. The molecule has 0 aliphatic heterocycles. The zero-order valence-corrected chi connectivity index (χ0v) is 13.2. The Morgan fingerprint density at radius 1 is 1.23 bits per heavy atom. The molecule has 0 saturated heterocycles. The topological polar surface area (TPSA) is 157 Å². The summed E-state index contributed by atoms with van der Waals surface area (Å²) < 4.78 is 5.02. The molecule has 0 bridgehead atoms. The number of hydrogen-bond acceptors (Lipinski definition) is 6. The van der Waals surface area contributed by atoms with Crippen LogP contribution in [0.1, 0.15) is 33.6 Å². The van der Waals surface area contributed by atoms with E-state index < -0.39 is 35.7 Å². The highest BCUT2D eigenvalue weighted by atomic mass is 16.6. The van der Waals surface area contributed by atoms with Gasteiger partial charge in [0, 0.05) is 6.54 Å². The number of aliphatic carboxylic acids is 1. The van der Waals surface area contributed by atoms with E-state index in [1.165, 1.54) is 0 Å². The van der Waals surface area contributed by atoms with Gasteiger partial charge in [-0.3, -0.25) is 4.79 Å². The van der Waals surface area contributed by atoms with Gasteiger partial charge in [0.1, 0.15) is 11.6 Å². The lowest BCUT2D eigenvalue weighted by Gasteiger charge is -2.20. The highest BCUT2D eigenvalue weighted by Gasteiger charge is 2.23. The van der Waals surface area contributed by atoms with E-state index in [1.54, 1.807) is 20.8 Å². The summed E-state index contributed by atoms with van der Waals surface area (Å²) in [4.78, 5) is 34.0. The van der Waals surface area contributed by atoms with Crippen molar-refractivity contribution in [3.05, 3.63) is 0 Å². The minimum absolute atomic E-state index is 0.115. The Bertz CT molecular complexity index is 394. The summed E-state index contributed by atoms with van der Waals surface area (Å²) >= 11 is 0. The van der Waals surface area contributed by atoms with Gasteiger partial charge in [-0.1, -0.05) is 0 Å². The summed E-state index contributed by atoms with van der Waals surface area (Å²) in [6.07, 6.45) is -0.337. The zero-order chi connectivity index (χ0) is 17.3. The van der Waals surface area contributed by atoms with Gasteiger partial charge < -0.3 is 31.9 Å². The number of carboxylic acids is 1. The molecule has 0 radical (unpaired) electrons. The van der Waals surface area contributed by atoms with Crippen LogP contribution in [-0.4, -0.2) is 53.9 Å². The zero-order valence-electron chi connectivity index (χ0n) is 13.2. The third kappa shape index (κ3) is 9.14. The first-order valence-electron chi connectivity index (χ1n) is 7.02. The second kappa shape index (κ2) is 9.21. The molecule has 0 aromatic heterocycles. The fourth-order valence-corrected chi connectivity index (χ4v) is 1.48. The maximum Gasteiger partial charge on any atom is 0.407 e. The summed E-state index contributed by atoms with van der Waals surface area (Å²) in [5.41, 5.74) is 10.3. The molecule has 0 heterocycles. The van der Waals surface area contributed by atoms with Gasteiger partial charge in [-0.15, -0.1) is 0 Å². The first-order valence-corrected chi connectivity index (χ1v) is 7.02. The fourth-order valence-electron chi connectivity index (χ4n) is 1.48. The van der Waals surface area contributed by atoms with Crippen LogP contribution in [0.2, 0.25) is 0 Å². The first-order chi connectivity index (χ1) is 10.1. The van der Waals surface area contributed by atoms with Crippen LogP contribution in [0.4, 0.5) is 4.79 Å². The number of hydrogen-bond donors (Lipinski definition) is 5. The number of amides is 2. The molecule has 0 rings (SSSR count). The normalized spacial score (nSPS) is 13.9. The SMILES string of the molecule is CC(C)(C)OC(=O)NCC[C@H](N)C(=O)N[C@@H](CCN)C(=O)O. The average Bonchev–Trinajstić information content (AvgIpc) is 2.35. The molecule has 0 aromatic rings. The summed E-state index contributed by atoms with van der Waals surface area (Å²) in [5, 5.41) is 13.7. The monoisotopic (exact) mass is 318 g/mol. The van der Waals surface area contributed by atoms with Crippen molar-refractivity contribution in [2.45, 2.75) is 51.3 Å². The molecule has 9 heteroatoms. The third-order valence-corrected chi connectivity index (χ3v) is 2.53. The van der Waals surface area contributed by atoms with Gasteiger partial charge in [0.2, 0.25) is 5.91 Å². The minimum atomic E-state index is -1.17. The van der Waals surface area contributed by atoms with Crippen molar-refractivity contribution in [3.63, 3.8) is 0 Å². The molecule has 0 aliphatic carbocycles. The molecule has 2 atom stereocenters. The van der Waals surface area contributed by atoms with Crippen molar-refractivity contribution in [1.29, 1.82) is 0 Å². The first kappa shape index (κ1) is 20.1. The second-order valence-electron chi connectivity index (χ2n) is 5.80.